The van der Waals surface area contributed by atoms with E-state index < -0.39 is 12.1 Å². The molecule has 1 atom stereocenters. The summed E-state index contributed by atoms with van der Waals surface area (Å²) in [7, 11) is 0. The van der Waals surface area contributed by atoms with Crippen molar-refractivity contribution in [2.24, 2.45) is 4.99 Å². The third-order valence-corrected chi connectivity index (χ3v) is 2.59. The van der Waals surface area contributed by atoms with E-state index in [-0.39, 0.29) is 6.54 Å². The van der Waals surface area contributed by atoms with Crippen molar-refractivity contribution in [3.8, 4) is 0 Å². The number of aliphatic carboxylic acids is 1. The van der Waals surface area contributed by atoms with Gasteiger partial charge in [-0.3, -0.25) is 4.99 Å². The van der Waals surface area contributed by atoms with Crippen molar-refractivity contribution in [3.63, 3.8) is 0 Å². The van der Waals surface area contributed by atoms with Crippen molar-refractivity contribution in [1.29, 1.82) is 0 Å². The number of hydrogen-bond acceptors (Lipinski definition) is 3. The number of nitrogens with zero attached hydrogens (tertiary/aromatic N) is 1. The molecule has 84 valence electrons. The van der Waals surface area contributed by atoms with Gasteiger partial charge in [0.15, 0.2) is 5.90 Å². The second kappa shape index (κ2) is 4.35. The lowest BCUT2D eigenvalue weighted by molar-refractivity contribution is -0.144. The molecule has 0 amide bonds. The number of aliphatic imine (C=N–C) groups is 1. The Balaban J connectivity index is 2.03. The van der Waals surface area contributed by atoms with Crippen molar-refractivity contribution in [2.75, 3.05) is 6.54 Å². The van der Waals surface area contributed by atoms with E-state index in [0.29, 0.717) is 12.3 Å². The molecule has 1 aliphatic heterocycles. The lowest BCUT2D eigenvalue weighted by Gasteiger charge is -2.08. The van der Waals surface area contributed by atoms with Gasteiger partial charge >= 0.3 is 5.97 Å². The Hall–Kier alpha value is -1.84. The Morgan fingerprint density at radius 2 is 2.31 bits per heavy atom. The van der Waals surface area contributed by atoms with Gasteiger partial charge in [0, 0.05) is 6.42 Å². The Bertz CT molecular complexity index is 440. The fourth-order valence-corrected chi connectivity index (χ4v) is 1.62. The normalized spacial score (nSPS) is 19.1. The number of carbonyl (C=O) groups is 1. The van der Waals surface area contributed by atoms with Crippen LogP contribution in [0.4, 0.5) is 0 Å². The molecule has 4 heteroatoms. The SMILES string of the molecule is Cc1ccccc1CC1=NCC(C(=O)O)O1. The zero-order chi connectivity index (χ0) is 11.5. The molecule has 2 rings (SSSR count). The lowest BCUT2D eigenvalue weighted by Crippen LogP contribution is -2.24. The zero-order valence-electron chi connectivity index (χ0n) is 9.01. The summed E-state index contributed by atoms with van der Waals surface area (Å²) >= 11 is 0. The summed E-state index contributed by atoms with van der Waals surface area (Å²) in [5.74, 6) is -0.440. The molecule has 16 heavy (non-hydrogen) atoms. The standard InChI is InChI=1S/C12H13NO3/c1-8-4-2-3-5-9(8)6-11-13-7-10(16-11)12(14)15/h2-5,10H,6-7H2,1H3,(H,14,15). The molecule has 1 aromatic carbocycles. The molecule has 1 aromatic rings. The van der Waals surface area contributed by atoms with E-state index in [9.17, 15) is 4.79 Å². The van der Waals surface area contributed by atoms with E-state index in [0.717, 1.165) is 11.1 Å². The van der Waals surface area contributed by atoms with Crippen LogP contribution in [-0.4, -0.2) is 29.6 Å². The topological polar surface area (TPSA) is 58.9 Å². The average Bonchev–Trinajstić information content (AvgIpc) is 2.70. The highest BCUT2D eigenvalue weighted by Crippen LogP contribution is 2.13. The van der Waals surface area contributed by atoms with Crippen molar-refractivity contribution in [1.82, 2.24) is 0 Å². The molecule has 1 heterocycles. The molecule has 0 fully saturated rings. The van der Waals surface area contributed by atoms with E-state index in [1.807, 2.05) is 31.2 Å². The largest absolute Gasteiger partial charge is 0.478 e. The molecule has 0 spiro atoms. The Morgan fingerprint density at radius 3 is 2.94 bits per heavy atom. The summed E-state index contributed by atoms with van der Waals surface area (Å²) in [5.41, 5.74) is 2.28. The Labute approximate surface area is 93.6 Å². The lowest BCUT2D eigenvalue weighted by atomic mass is 10.1. The van der Waals surface area contributed by atoms with E-state index in [2.05, 4.69) is 4.99 Å². The summed E-state index contributed by atoms with van der Waals surface area (Å²) < 4.78 is 5.23. The van der Waals surface area contributed by atoms with Gasteiger partial charge in [0.2, 0.25) is 6.10 Å². The fourth-order valence-electron chi connectivity index (χ4n) is 1.62. The van der Waals surface area contributed by atoms with Crippen molar-refractivity contribution in [3.05, 3.63) is 35.4 Å². The molecule has 0 aromatic heterocycles. The maximum Gasteiger partial charge on any atom is 0.346 e. The average molecular weight is 219 g/mol. The minimum atomic E-state index is -0.955. The molecule has 0 bridgehead atoms. The smallest absolute Gasteiger partial charge is 0.346 e. The Morgan fingerprint density at radius 1 is 1.56 bits per heavy atom. The maximum atomic E-state index is 10.7. The van der Waals surface area contributed by atoms with Crippen LogP contribution >= 0.6 is 0 Å². The maximum absolute atomic E-state index is 10.7. The molecule has 1 N–H and O–H groups in total. The minimum absolute atomic E-state index is 0.219. The number of carboxylic acids is 1. The van der Waals surface area contributed by atoms with Crippen molar-refractivity contribution in [2.45, 2.75) is 19.4 Å². The fraction of sp³-hybridized carbons (Fsp3) is 0.333. The first-order chi connectivity index (χ1) is 7.66. The van der Waals surface area contributed by atoms with Crippen molar-refractivity contribution >= 4 is 11.9 Å². The summed E-state index contributed by atoms with van der Waals surface area (Å²) in [6.07, 6.45) is -0.241. The molecular weight excluding hydrogens is 206 g/mol. The van der Waals surface area contributed by atoms with Gasteiger partial charge in [0.05, 0.1) is 6.54 Å². The molecule has 1 aliphatic rings. The van der Waals surface area contributed by atoms with Gasteiger partial charge in [-0.1, -0.05) is 24.3 Å². The summed E-state index contributed by atoms with van der Waals surface area (Å²) in [6, 6.07) is 7.93. The van der Waals surface area contributed by atoms with Crippen LogP contribution < -0.4 is 0 Å². The third-order valence-electron chi connectivity index (χ3n) is 2.59. The van der Waals surface area contributed by atoms with E-state index in [1.54, 1.807) is 0 Å². The van der Waals surface area contributed by atoms with Gasteiger partial charge in [0.1, 0.15) is 0 Å². The molecule has 4 nitrogen and oxygen atoms in total. The predicted molar refractivity (Wildman–Crippen MR) is 59.7 cm³/mol. The third kappa shape index (κ3) is 2.21. The quantitative estimate of drug-likeness (QED) is 0.836. The monoisotopic (exact) mass is 219 g/mol. The highest BCUT2D eigenvalue weighted by atomic mass is 16.5. The Kier molecular flexibility index (Phi) is 2.90. The van der Waals surface area contributed by atoms with Crippen LogP contribution in [0, 0.1) is 6.92 Å². The van der Waals surface area contributed by atoms with Crippen molar-refractivity contribution < 1.29 is 14.6 Å². The van der Waals surface area contributed by atoms with Gasteiger partial charge in [-0.05, 0) is 18.1 Å². The van der Waals surface area contributed by atoms with E-state index in [4.69, 9.17) is 9.84 Å². The second-order valence-corrected chi connectivity index (χ2v) is 3.78. The number of rotatable bonds is 3. The van der Waals surface area contributed by atoms with Gasteiger partial charge in [-0.25, -0.2) is 4.79 Å². The molecule has 0 saturated carbocycles. The minimum Gasteiger partial charge on any atom is -0.478 e. The number of ether oxygens (including phenoxy) is 1. The summed E-state index contributed by atoms with van der Waals surface area (Å²) in [6.45, 7) is 2.23. The molecular formula is C12H13NO3. The van der Waals surface area contributed by atoms with Crippen LogP contribution in [-0.2, 0) is 16.0 Å². The number of aryl methyl sites for hydroxylation is 1. The number of benzene rings is 1. The second-order valence-electron chi connectivity index (χ2n) is 3.78. The van der Waals surface area contributed by atoms with Gasteiger partial charge in [-0.15, -0.1) is 0 Å². The highest BCUT2D eigenvalue weighted by molar-refractivity contribution is 5.85. The van der Waals surface area contributed by atoms with Crippen LogP contribution in [0.25, 0.3) is 0 Å². The molecule has 0 saturated heterocycles. The first kappa shape index (κ1) is 10.7. The number of carboxylic acid groups (broad SMARTS) is 1. The summed E-state index contributed by atoms with van der Waals surface area (Å²) in [5, 5.41) is 8.75. The van der Waals surface area contributed by atoms with Crippen LogP contribution in [0.1, 0.15) is 11.1 Å². The van der Waals surface area contributed by atoms with E-state index >= 15 is 0 Å². The highest BCUT2D eigenvalue weighted by Gasteiger charge is 2.26. The summed E-state index contributed by atoms with van der Waals surface area (Å²) in [4.78, 5) is 14.8. The first-order valence-electron chi connectivity index (χ1n) is 5.14. The molecule has 0 radical (unpaired) electrons. The predicted octanol–water partition coefficient (Wildman–Crippen LogP) is 1.42. The van der Waals surface area contributed by atoms with E-state index in [1.165, 1.54) is 0 Å². The molecule has 0 aliphatic carbocycles. The van der Waals surface area contributed by atoms with Crippen LogP contribution in [0.3, 0.4) is 0 Å². The van der Waals surface area contributed by atoms with Gasteiger partial charge in [-0.2, -0.15) is 0 Å². The van der Waals surface area contributed by atoms with Gasteiger partial charge in [0.25, 0.3) is 0 Å². The molecule has 1 unspecified atom stereocenters. The number of hydrogen-bond donors (Lipinski definition) is 1. The first-order valence-corrected chi connectivity index (χ1v) is 5.14. The van der Waals surface area contributed by atoms with Crippen LogP contribution in [0.2, 0.25) is 0 Å². The van der Waals surface area contributed by atoms with Crippen LogP contribution in [0.5, 0.6) is 0 Å². The van der Waals surface area contributed by atoms with Crippen LogP contribution in [0.15, 0.2) is 29.3 Å². The zero-order valence-corrected chi connectivity index (χ0v) is 9.01. The van der Waals surface area contributed by atoms with Gasteiger partial charge < -0.3 is 9.84 Å².